The Kier molecular flexibility index (Phi) is 6.01. The molecule has 1 atom stereocenters. The summed E-state index contributed by atoms with van der Waals surface area (Å²) in [4.78, 5) is 10.7. The molecule has 1 unspecified atom stereocenters. The Bertz CT molecular complexity index is 674. The topological polar surface area (TPSA) is 40.1 Å². The minimum Gasteiger partial charge on any atom is -0.550 e. The smallest absolute Gasteiger partial charge is 0.550 e. The summed E-state index contributed by atoms with van der Waals surface area (Å²) < 4.78 is 40.4. The molecule has 2 nitrogen and oxygen atoms in total. The molecule has 0 bridgehead atoms. The fraction of sp³-hybridized carbons (Fsp3) is 0.133. The number of carboxylic acids is 1. The maximum Gasteiger partial charge on any atom is 1.00 e. The van der Waals surface area contributed by atoms with Crippen LogP contribution in [0.5, 0.6) is 0 Å². The molecule has 0 saturated heterocycles. The fourth-order valence-corrected chi connectivity index (χ4v) is 1.86. The Morgan fingerprint density at radius 1 is 1.00 bits per heavy atom. The SMILES string of the molecule is CC(C(=O)[O-])c1ccc(-c2ccc(F)cc2F)c(F)c1.[Na+]. The van der Waals surface area contributed by atoms with Crippen molar-refractivity contribution in [3.8, 4) is 11.1 Å². The molecule has 104 valence electrons. The van der Waals surface area contributed by atoms with Gasteiger partial charge in [0, 0.05) is 29.1 Å². The van der Waals surface area contributed by atoms with E-state index in [0.717, 1.165) is 18.2 Å². The first-order valence-corrected chi connectivity index (χ1v) is 5.86. The van der Waals surface area contributed by atoms with E-state index < -0.39 is 29.3 Å². The largest absolute Gasteiger partial charge is 1.00 e. The summed E-state index contributed by atoms with van der Waals surface area (Å²) in [6.07, 6.45) is 0. The number of hydrogen-bond acceptors (Lipinski definition) is 2. The summed E-state index contributed by atoms with van der Waals surface area (Å²) in [5, 5.41) is 10.7. The number of benzene rings is 2. The molecule has 2 aromatic carbocycles. The quantitative estimate of drug-likeness (QED) is 0.726. The predicted octanol–water partition coefficient (Wildman–Crippen LogP) is -0.372. The average molecular weight is 302 g/mol. The number of hydrogen-bond donors (Lipinski definition) is 0. The van der Waals surface area contributed by atoms with E-state index >= 15 is 0 Å². The molecule has 2 aromatic rings. The van der Waals surface area contributed by atoms with Crippen LogP contribution in [-0.4, -0.2) is 5.97 Å². The van der Waals surface area contributed by atoms with Crippen LogP contribution in [-0.2, 0) is 4.79 Å². The standard InChI is InChI=1S/C15H11F3O2.Na/c1-8(15(19)20)9-2-4-11(13(17)6-9)12-5-3-10(16)7-14(12)18;/h2-8H,1H3,(H,19,20);/q;+1/p-1. The number of halogens is 3. The second kappa shape index (κ2) is 7.11. The molecule has 0 saturated carbocycles. The molecule has 0 spiro atoms. The molecule has 0 amide bonds. The van der Waals surface area contributed by atoms with Crippen LogP contribution >= 0.6 is 0 Å². The average Bonchev–Trinajstić information content (AvgIpc) is 2.38. The van der Waals surface area contributed by atoms with Crippen molar-refractivity contribution in [3.63, 3.8) is 0 Å². The van der Waals surface area contributed by atoms with Crippen molar-refractivity contribution in [2.24, 2.45) is 0 Å². The van der Waals surface area contributed by atoms with Gasteiger partial charge in [-0.1, -0.05) is 19.1 Å². The second-order valence-corrected chi connectivity index (χ2v) is 4.40. The number of carboxylic acid groups (broad SMARTS) is 1. The van der Waals surface area contributed by atoms with Crippen LogP contribution in [0, 0.1) is 17.5 Å². The van der Waals surface area contributed by atoms with Gasteiger partial charge < -0.3 is 9.90 Å². The molecule has 2 rings (SSSR count). The molecule has 0 N–H and O–H groups in total. The number of carbonyl (C=O) groups excluding carboxylic acids is 1. The van der Waals surface area contributed by atoms with Crippen molar-refractivity contribution in [1.29, 1.82) is 0 Å². The third kappa shape index (κ3) is 3.87. The summed E-state index contributed by atoms with van der Waals surface area (Å²) >= 11 is 0. The Balaban J connectivity index is 0.00000220. The van der Waals surface area contributed by atoms with Crippen LogP contribution in [0.1, 0.15) is 18.4 Å². The predicted molar refractivity (Wildman–Crippen MR) is 65.2 cm³/mol. The second-order valence-electron chi connectivity index (χ2n) is 4.40. The van der Waals surface area contributed by atoms with Gasteiger partial charge in [0.25, 0.3) is 0 Å². The molecule has 0 aromatic heterocycles. The molecule has 0 heterocycles. The Morgan fingerprint density at radius 2 is 1.52 bits per heavy atom. The molecule has 0 radical (unpaired) electrons. The van der Waals surface area contributed by atoms with Crippen molar-refractivity contribution in [2.75, 3.05) is 0 Å². The Hall–Kier alpha value is -1.30. The van der Waals surface area contributed by atoms with Gasteiger partial charge in [0.05, 0.1) is 0 Å². The van der Waals surface area contributed by atoms with Gasteiger partial charge in [0.15, 0.2) is 0 Å². The molecule has 0 aliphatic heterocycles. The summed E-state index contributed by atoms with van der Waals surface area (Å²) in [5.74, 6) is -4.72. The summed E-state index contributed by atoms with van der Waals surface area (Å²) in [6.45, 7) is 1.36. The summed E-state index contributed by atoms with van der Waals surface area (Å²) in [6, 6.07) is 6.47. The Labute approximate surface area is 141 Å². The van der Waals surface area contributed by atoms with Gasteiger partial charge in [-0.15, -0.1) is 0 Å². The van der Waals surface area contributed by atoms with E-state index in [1.807, 2.05) is 0 Å². The summed E-state index contributed by atoms with van der Waals surface area (Å²) in [5.41, 5.74) is 0.0714. The van der Waals surface area contributed by atoms with E-state index in [4.69, 9.17) is 0 Å². The van der Waals surface area contributed by atoms with E-state index in [2.05, 4.69) is 0 Å². The van der Waals surface area contributed by atoms with Crippen molar-refractivity contribution in [1.82, 2.24) is 0 Å². The third-order valence-electron chi connectivity index (χ3n) is 3.07. The zero-order chi connectivity index (χ0) is 14.9. The van der Waals surface area contributed by atoms with Gasteiger partial charge in [-0.2, -0.15) is 0 Å². The third-order valence-corrected chi connectivity index (χ3v) is 3.07. The number of rotatable bonds is 3. The fourth-order valence-electron chi connectivity index (χ4n) is 1.86. The van der Waals surface area contributed by atoms with Crippen LogP contribution in [0.2, 0.25) is 0 Å². The van der Waals surface area contributed by atoms with Crippen molar-refractivity contribution >= 4 is 5.97 Å². The van der Waals surface area contributed by atoms with E-state index in [1.165, 1.54) is 19.1 Å². The van der Waals surface area contributed by atoms with E-state index in [-0.39, 0.29) is 46.2 Å². The van der Waals surface area contributed by atoms with Crippen LogP contribution in [0.4, 0.5) is 13.2 Å². The maximum atomic E-state index is 14.0. The van der Waals surface area contributed by atoms with Crippen molar-refractivity contribution in [2.45, 2.75) is 12.8 Å². The molecule has 6 heteroatoms. The van der Waals surface area contributed by atoms with Gasteiger partial charge >= 0.3 is 29.6 Å². The van der Waals surface area contributed by atoms with Crippen molar-refractivity contribution < 1.29 is 52.6 Å². The Morgan fingerprint density at radius 3 is 2.00 bits per heavy atom. The van der Waals surface area contributed by atoms with Gasteiger partial charge in [-0.05, 0) is 23.8 Å². The zero-order valence-electron chi connectivity index (χ0n) is 11.5. The van der Waals surface area contributed by atoms with Gasteiger partial charge in [0.2, 0.25) is 0 Å². The number of carbonyl (C=O) groups is 1. The van der Waals surface area contributed by atoms with Gasteiger partial charge in [-0.3, -0.25) is 0 Å². The minimum absolute atomic E-state index is 0. The minimum atomic E-state index is -1.33. The molecule has 0 fully saturated rings. The van der Waals surface area contributed by atoms with Crippen molar-refractivity contribution in [3.05, 3.63) is 59.4 Å². The first-order chi connectivity index (χ1) is 9.40. The molecular weight excluding hydrogens is 292 g/mol. The summed E-state index contributed by atoms with van der Waals surface area (Å²) in [7, 11) is 0. The van der Waals surface area contributed by atoms with E-state index in [9.17, 15) is 23.1 Å². The van der Waals surface area contributed by atoms with E-state index in [1.54, 1.807) is 0 Å². The first-order valence-electron chi connectivity index (χ1n) is 5.86. The van der Waals surface area contributed by atoms with Gasteiger partial charge in [0.1, 0.15) is 17.5 Å². The molecule has 21 heavy (non-hydrogen) atoms. The first kappa shape index (κ1) is 17.8. The molecule has 0 aliphatic rings. The number of aliphatic carboxylic acids is 1. The van der Waals surface area contributed by atoms with Gasteiger partial charge in [-0.25, -0.2) is 13.2 Å². The molecule has 0 aliphatic carbocycles. The van der Waals surface area contributed by atoms with Crippen LogP contribution in [0.15, 0.2) is 36.4 Å². The maximum absolute atomic E-state index is 14.0. The zero-order valence-corrected chi connectivity index (χ0v) is 13.5. The van der Waals surface area contributed by atoms with Crippen LogP contribution in [0.3, 0.4) is 0 Å². The van der Waals surface area contributed by atoms with E-state index in [0.29, 0.717) is 6.07 Å². The normalized spacial score (nSPS) is 11.6. The van der Waals surface area contributed by atoms with Crippen LogP contribution < -0.4 is 34.7 Å². The molecular formula is C15H10F3NaO2. The monoisotopic (exact) mass is 302 g/mol. The van der Waals surface area contributed by atoms with Crippen LogP contribution in [0.25, 0.3) is 11.1 Å².